The topological polar surface area (TPSA) is 21.3 Å². The molecule has 3 aliphatic rings. The molecular weight excluding hydrogens is 222 g/mol. The van der Waals surface area contributed by atoms with Gasteiger partial charge >= 0.3 is 0 Å². The van der Waals surface area contributed by atoms with Crippen LogP contribution in [0, 0.1) is 23.7 Å². The Morgan fingerprint density at radius 3 is 2.56 bits per heavy atom. The number of rotatable bonds is 5. The Balaban J connectivity index is 1.57. The van der Waals surface area contributed by atoms with Crippen LogP contribution < -0.4 is 5.32 Å². The van der Waals surface area contributed by atoms with Crippen LogP contribution in [0.1, 0.15) is 51.9 Å². The van der Waals surface area contributed by atoms with Gasteiger partial charge < -0.3 is 10.1 Å². The Labute approximate surface area is 112 Å². The van der Waals surface area contributed by atoms with E-state index in [1.807, 2.05) is 0 Å². The van der Waals surface area contributed by atoms with Gasteiger partial charge in [0.1, 0.15) is 0 Å². The van der Waals surface area contributed by atoms with Crippen molar-refractivity contribution < 1.29 is 4.74 Å². The molecule has 0 aromatic carbocycles. The molecule has 1 saturated heterocycles. The lowest BCUT2D eigenvalue weighted by Crippen LogP contribution is -2.40. The first kappa shape index (κ1) is 12.9. The molecule has 104 valence electrons. The summed E-state index contributed by atoms with van der Waals surface area (Å²) in [6.45, 7) is 5.41. The van der Waals surface area contributed by atoms with Crippen LogP contribution in [0.3, 0.4) is 0 Å². The Morgan fingerprint density at radius 2 is 1.94 bits per heavy atom. The molecule has 0 amide bonds. The summed E-state index contributed by atoms with van der Waals surface area (Å²) in [7, 11) is 0. The smallest absolute Gasteiger partial charge is 0.0468 e. The predicted octanol–water partition coefficient (Wildman–Crippen LogP) is 3.22. The summed E-state index contributed by atoms with van der Waals surface area (Å²) < 4.78 is 5.50. The molecule has 3 rings (SSSR count). The fourth-order valence-electron chi connectivity index (χ4n) is 4.80. The average Bonchev–Trinajstić information content (AvgIpc) is 3.02. The Hall–Kier alpha value is -0.0800. The van der Waals surface area contributed by atoms with Gasteiger partial charge in [0.05, 0.1) is 0 Å². The van der Waals surface area contributed by atoms with Crippen molar-refractivity contribution in [2.45, 2.75) is 57.9 Å². The van der Waals surface area contributed by atoms with Crippen molar-refractivity contribution >= 4 is 0 Å². The lowest BCUT2D eigenvalue weighted by atomic mass is 9.78. The van der Waals surface area contributed by atoms with Gasteiger partial charge in [-0.3, -0.25) is 0 Å². The summed E-state index contributed by atoms with van der Waals surface area (Å²) in [6.07, 6.45) is 10.1. The van der Waals surface area contributed by atoms with Crippen molar-refractivity contribution in [3.05, 3.63) is 0 Å². The fourth-order valence-corrected chi connectivity index (χ4v) is 4.80. The number of hydrogen-bond donors (Lipinski definition) is 1. The second-order valence-electron chi connectivity index (χ2n) is 6.79. The lowest BCUT2D eigenvalue weighted by Gasteiger charge is -2.34. The molecule has 18 heavy (non-hydrogen) atoms. The van der Waals surface area contributed by atoms with Crippen LogP contribution in [0.25, 0.3) is 0 Å². The van der Waals surface area contributed by atoms with Gasteiger partial charge in [-0.2, -0.15) is 0 Å². The quantitative estimate of drug-likeness (QED) is 0.810. The lowest BCUT2D eigenvalue weighted by molar-refractivity contribution is 0.0558. The number of ether oxygens (including phenoxy) is 1. The van der Waals surface area contributed by atoms with Crippen molar-refractivity contribution in [1.82, 2.24) is 5.32 Å². The van der Waals surface area contributed by atoms with Crippen LogP contribution in [-0.4, -0.2) is 25.8 Å². The van der Waals surface area contributed by atoms with E-state index in [2.05, 4.69) is 12.2 Å². The minimum absolute atomic E-state index is 0.799. The van der Waals surface area contributed by atoms with Gasteiger partial charge in [-0.1, -0.05) is 13.3 Å². The predicted molar refractivity (Wildman–Crippen MR) is 74.6 cm³/mol. The highest BCUT2D eigenvalue weighted by atomic mass is 16.5. The SMILES string of the molecule is CCNC(CC1CCOCC1)C1CC2CCC1C2. The highest BCUT2D eigenvalue weighted by Gasteiger charge is 2.43. The molecule has 0 aromatic heterocycles. The summed E-state index contributed by atoms with van der Waals surface area (Å²) in [6, 6.07) is 0.799. The Kier molecular flexibility index (Phi) is 4.25. The van der Waals surface area contributed by atoms with Crippen LogP contribution >= 0.6 is 0 Å². The zero-order valence-corrected chi connectivity index (χ0v) is 11.9. The molecule has 0 radical (unpaired) electrons. The van der Waals surface area contributed by atoms with Crippen molar-refractivity contribution in [3.8, 4) is 0 Å². The number of nitrogens with one attached hydrogen (secondary N) is 1. The first-order valence-corrected chi connectivity index (χ1v) is 8.18. The monoisotopic (exact) mass is 251 g/mol. The molecule has 1 aliphatic heterocycles. The zero-order valence-electron chi connectivity index (χ0n) is 11.9. The van der Waals surface area contributed by atoms with Crippen LogP contribution in [0.4, 0.5) is 0 Å². The van der Waals surface area contributed by atoms with Gasteiger partial charge in [0.2, 0.25) is 0 Å². The molecular formula is C16H29NO. The highest BCUT2D eigenvalue weighted by Crippen LogP contribution is 2.50. The standard InChI is InChI=1S/C16H29NO/c1-2-17-16(11-12-5-7-18-8-6-12)15-10-13-3-4-14(15)9-13/h12-17H,2-11H2,1H3. The van der Waals surface area contributed by atoms with E-state index >= 15 is 0 Å². The van der Waals surface area contributed by atoms with E-state index in [-0.39, 0.29) is 0 Å². The Bertz CT molecular complexity index is 262. The summed E-state index contributed by atoms with van der Waals surface area (Å²) in [5.41, 5.74) is 0. The van der Waals surface area contributed by atoms with Gasteiger partial charge in [0, 0.05) is 19.3 Å². The van der Waals surface area contributed by atoms with Crippen molar-refractivity contribution in [2.24, 2.45) is 23.7 Å². The molecule has 1 N–H and O–H groups in total. The second-order valence-corrected chi connectivity index (χ2v) is 6.79. The molecule has 4 unspecified atom stereocenters. The summed E-state index contributed by atoms with van der Waals surface area (Å²) in [5.74, 6) is 4.04. The molecule has 2 nitrogen and oxygen atoms in total. The molecule has 4 atom stereocenters. The largest absolute Gasteiger partial charge is 0.381 e. The third-order valence-corrected chi connectivity index (χ3v) is 5.70. The summed E-state index contributed by atoms with van der Waals surface area (Å²) >= 11 is 0. The minimum Gasteiger partial charge on any atom is -0.381 e. The van der Waals surface area contributed by atoms with E-state index < -0.39 is 0 Å². The molecule has 0 spiro atoms. The van der Waals surface area contributed by atoms with Gasteiger partial charge in [-0.15, -0.1) is 0 Å². The van der Waals surface area contributed by atoms with E-state index in [9.17, 15) is 0 Å². The number of fused-ring (bicyclic) bond motifs is 2. The molecule has 2 heteroatoms. The molecule has 3 fully saturated rings. The maximum atomic E-state index is 5.50. The van der Waals surface area contributed by atoms with Gasteiger partial charge in [-0.05, 0) is 68.7 Å². The highest BCUT2D eigenvalue weighted by molar-refractivity contribution is 4.95. The number of hydrogen-bond acceptors (Lipinski definition) is 2. The molecule has 0 aromatic rings. The average molecular weight is 251 g/mol. The van der Waals surface area contributed by atoms with Gasteiger partial charge in [-0.25, -0.2) is 0 Å². The van der Waals surface area contributed by atoms with Crippen molar-refractivity contribution in [3.63, 3.8) is 0 Å². The van der Waals surface area contributed by atoms with E-state index in [1.54, 1.807) is 6.42 Å². The maximum Gasteiger partial charge on any atom is 0.0468 e. The van der Waals surface area contributed by atoms with E-state index in [4.69, 9.17) is 4.74 Å². The Morgan fingerprint density at radius 1 is 1.11 bits per heavy atom. The summed E-state index contributed by atoms with van der Waals surface area (Å²) in [5, 5.41) is 3.82. The van der Waals surface area contributed by atoms with E-state index in [1.165, 1.54) is 38.5 Å². The van der Waals surface area contributed by atoms with Gasteiger partial charge in [0.15, 0.2) is 0 Å². The molecule has 1 heterocycles. The second kappa shape index (κ2) is 5.92. The fraction of sp³-hybridized carbons (Fsp3) is 1.00. The normalized spacial score (nSPS) is 38.2. The first-order chi connectivity index (χ1) is 8.86. The minimum atomic E-state index is 0.799. The van der Waals surface area contributed by atoms with Crippen LogP contribution in [0.15, 0.2) is 0 Å². The van der Waals surface area contributed by atoms with Crippen LogP contribution in [0.5, 0.6) is 0 Å². The molecule has 2 bridgehead atoms. The van der Waals surface area contributed by atoms with E-state index in [0.29, 0.717) is 0 Å². The molecule has 2 aliphatic carbocycles. The van der Waals surface area contributed by atoms with Gasteiger partial charge in [0.25, 0.3) is 0 Å². The summed E-state index contributed by atoms with van der Waals surface area (Å²) in [4.78, 5) is 0. The zero-order chi connectivity index (χ0) is 12.4. The van der Waals surface area contributed by atoms with Crippen molar-refractivity contribution in [1.29, 1.82) is 0 Å². The van der Waals surface area contributed by atoms with Crippen LogP contribution in [-0.2, 0) is 4.74 Å². The van der Waals surface area contributed by atoms with Crippen LogP contribution in [0.2, 0.25) is 0 Å². The maximum absolute atomic E-state index is 5.50. The van der Waals surface area contributed by atoms with Crippen molar-refractivity contribution in [2.75, 3.05) is 19.8 Å². The molecule has 2 saturated carbocycles. The van der Waals surface area contributed by atoms with E-state index in [0.717, 1.165) is 49.5 Å². The third-order valence-electron chi connectivity index (χ3n) is 5.70. The third kappa shape index (κ3) is 2.75. The first-order valence-electron chi connectivity index (χ1n) is 8.18.